The van der Waals surface area contributed by atoms with Crippen LogP contribution in [-0.4, -0.2) is 14.9 Å². The van der Waals surface area contributed by atoms with E-state index in [1.54, 1.807) is 0 Å². The third-order valence-corrected chi connectivity index (χ3v) is 4.86. The normalized spacial score (nSPS) is 10.6. The average Bonchev–Trinajstić information content (AvgIpc) is 2.95. The Balaban J connectivity index is 1.57. The van der Waals surface area contributed by atoms with Gasteiger partial charge in [-0.05, 0) is 58.3 Å². The lowest BCUT2D eigenvalue weighted by molar-refractivity contribution is 0.689. The van der Waals surface area contributed by atoms with E-state index >= 15 is 0 Å². The number of aryl methyl sites for hydroxylation is 1. The molecule has 0 aliphatic carbocycles. The van der Waals surface area contributed by atoms with Gasteiger partial charge in [-0.1, -0.05) is 53.6 Å². The quantitative estimate of drug-likeness (QED) is 0.529. The minimum Gasteiger partial charge on any atom is -0.358 e. The van der Waals surface area contributed by atoms with E-state index in [4.69, 9.17) is 23.8 Å². The molecule has 0 amide bonds. The molecule has 0 bridgehead atoms. The molecule has 0 unspecified atom stereocenters. The van der Waals surface area contributed by atoms with Gasteiger partial charge in [-0.2, -0.15) is 5.10 Å². The van der Waals surface area contributed by atoms with Gasteiger partial charge in [0, 0.05) is 17.8 Å². The number of hydrogen-bond acceptors (Lipinski definition) is 2. The number of halogens is 2. The molecule has 2 aromatic carbocycles. The molecular weight excluding hydrogens is 432 g/mol. The van der Waals surface area contributed by atoms with E-state index in [-0.39, 0.29) is 0 Å². The summed E-state index contributed by atoms with van der Waals surface area (Å²) < 4.78 is 2.70. The summed E-state index contributed by atoms with van der Waals surface area (Å²) in [6.07, 6.45) is 1.92. The van der Waals surface area contributed by atoms with Crippen molar-refractivity contribution in [2.75, 3.05) is 5.32 Å². The summed E-state index contributed by atoms with van der Waals surface area (Å²) in [5.41, 5.74) is 3.53. The molecule has 4 nitrogen and oxygen atoms in total. The number of thiocarbonyl (C=S) groups is 1. The third kappa shape index (κ3) is 5.30. The predicted octanol–water partition coefficient (Wildman–Crippen LogP) is 5.14. The second-order valence-electron chi connectivity index (χ2n) is 5.94. The highest BCUT2D eigenvalue weighted by molar-refractivity contribution is 9.10. The molecule has 0 saturated carbocycles. The summed E-state index contributed by atoms with van der Waals surface area (Å²) in [4.78, 5) is 0. The Bertz CT molecular complexity index is 891. The summed E-state index contributed by atoms with van der Waals surface area (Å²) in [5.74, 6) is 0.681. The number of nitrogens with zero attached hydrogens (tertiary/aromatic N) is 2. The largest absolute Gasteiger partial charge is 0.358 e. The van der Waals surface area contributed by atoms with Crippen LogP contribution in [0.4, 0.5) is 5.82 Å². The standard InChI is InChI=1S/C19H18BrClN4S/c1-13-2-4-14(5-3-13)10-22-19(26)23-18-17(20)12-25(24-18)11-15-6-8-16(21)9-7-15/h2-9,12H,10-11H2,1H3,(H2,22,23,24,26). The zero-order valence-corrected chi connectivity index (χ0v) is 17.3. The van der Waals surface area contributed by atoms with Crippen LogP contribution in [0.5, 0.6) is 0 Å². The van der Waals surface area contributed by atoms with Crippen molar-refractivity contribution in [3.8, 4) is 0 Å². The fourth-order valence-corrected chi connectivity index (χ4v) is 3.09. The summed E-state index contributed by atoms with van der Waals surface area (Å²) in [6.45, 7) is 3.39. The molecule has 0 aliphatic rings. The highest BCUT2D eigenvalue weighted by Crippen LogP contribution is 2.21. The molecule has 3 rings (SSSR count). The first-order chi connectivity index (χ1) is 12.5. The lowest BCUT2D eigenvalue weighted by atomic mass is 10.1. The molecule has 3 aromatic rings. The zero-order valence-electron chi connectivity index (χ0n) is 14.2. The Morgan fingerprint density at radius 2 is 1.77 bits per heavy atom. The maximum atomic E-state index is 5.92. The maximum absolute atomic E-state index is 5.92. The highest BCUT2D eigenvalue weighted by Gasteiger charge is 2.09. The van der Waals surface area contributed by atoms with Crippen LogP contribution in [0.3, 0.4) is 0 Å². The Labute approximate surface area is 171 Å². The summed E-state index contributed by atoms with van der Waals surface area (Å²) in [6, 6.07) is 16.1. The molecule has 0 fully saturated rings. The van der Waals surface area contributed by atoms with E-state index in [0.29, 0.717) is 24.0 Å². The number of aromatic nitrogens is 2. The molecule has 26 heavy (non-hydrogen) atoms. The van der Waals surface area contributed by atoms with E-state index in [9.17, 15) is 0 Å². The number of nitrogens with one attached hydrogen (secondary N) is 2. The first-order valence-corrected chi connectivity index (χ1v) is 9.65. The molecular formula is C19H18BrClN4S. The summed E-state index contributed by atoms with van der Waals surface area (Å²) in [5, 5.41) is 12.1. The van der Waals surface area contributed by atoms with E-state index in [1.807, 2.05) is 35.1 Å². The van der Waals surface area contributed by atoms with Crippen LogP contribution in [0.2, 0.25) is 5.02 Å². The van der Waals surface area contributed by atoms with Crippen molar-refractivity contribution in [3.05, 3.63) is 80.9 Å². The first kappa shape index (κ1) is 18.9. The van der Waals surface area contributed by atoms with Gasteiger partial charge in [-0.25, -0.2) is 0 Å². The number of hydrogen-bond donors (Lipinski definition) is 2. The predicted molar refractivity (Wildman–Crippen MR) is 115 cm³/mol. The van der Waals surface area contributed by atoms with E-state index in [2.05, 4.69) is 62.9 Å². The van der Waals surface area contributed by atoms with Crippen LogP contribution >= 0.6 is 39.7 Å². The number of benzene rings is 2. The number of rotatable bonds is 5. The molecule has 1 heterocycles. The van der Waals surface area contributed by atoms with Gasteiger partial charge in [-0.15, -0.1) is 0 Å². The van der Waals surface area contributed by atoms with Gasteiger partial charge in [0.25, 0.3) is 0 Å². The Kier molecular flexibility index (Phi) is 6.29. The molecule has 134 valence electrons. The minimum atomic E-state index is 0.531. The lowest BCUT2D eigenvalue weighted by Crippen LogP contribution is -2.28. The summed E-state index contributed by atoms with van der Waals surface area (Å²) >= 11 is 14.8. The smallest absolute Gasteiger partial charge is 0.172 e. The fraction of sp³-hybridized carbons (Fsp3) is 0.158. The minimum absolute atomic E-state index is 0.531. The average molecular weight is 450 g/mol. The first-order valence-electron chi connectivity index (χ1n) is 8.07. The van der Waals surface area contributed by atoms with Crippen LogP contribution in [0.1, 0.15) is 16.7 Å². The van der Waals surface area contributed by atoms with E-state index in [1.165, 1.54) is 11.1 Å². The monoisotopic (exact) mass is 448 g/mol. The van der Waals surface area contributed by atoms with Crippen molar-refractivity contribution in [1.29, 1.82) is 0 Å². The maximum Gasteiger partial charge on any atom is 0.172 e. The van der Waals surface area contributed by atoms with Crippen LogP contribution in [0.15, 0.2) is 59.2 Å². The fourth-order valence-electron chi connectivity index (χ4n) is 2.38. The van der Waals surface area contributed by atoms with E-state index in [0.717, 1.165) is 15.1 Å². The summed E-state index contributed by atoms with van der Waals surface area (Å²) in [7, 11) is 0. The van der Waals surface area contributed by atoms with Gasteiger partial charge in [0.05, 0.1) is 11.0 Å². The van der Waals surface area contributed by atoms with Crippen molar-refractivity contribution in [2.45, 2.75) is 20.0 Å². The van der Waals surface area contributed by atoms with E-state index < -0.39 is 0 Å². The van der Waals surface area contributed by atoms with Gasteiger partial charge < -0.3 is 10.6 Å². The molecule has 0 atom stereocenters. The second kappa shape index (κ2) is 8.66. The highest BCUT2D eigenvalue weighted by atomic mass is 79.9. The van der Waals surface area contributed by atoms with Crippen molar-refractivity contribution in [2.24, 2.45) is 0 Å². The topological polar surface area (TPSA) is 41.9 Å². The van der Waals surface area contributed by atoms with Crippen molar-refractivity contribution < 1.29 is 0 Å². The third-order valence-electron chi connectivity index (χ3n) is 3.78. The van der Waals surface area contributed by atoms with Crippen LogP contribution in [-0.2, 0) is 13.1 Å². The van der Waals surface area contributed by atoms with Gasteiger partial charge in [0.1, 0.15) is 0 Å². The molecule has 2 N–H and O–H groups in total. The SMILES string of the molecule is Cc1ccc(CNC(=S)Nc2nn(Cc3ccc(Cl)cc3)cc2Br)cc1. The zero-order chi connectivity index (χ0) is 18.5. The molecule has 1 aromatic heterocycles. The van der Waals surface area contributed by atoms with Crippen LogP contribution in [0.25, 0.3) is 0 Å². The number of anilines is 1. The van der Waals surface area contributed by atoms with Crippen molar-refractivity contribution in [3.63, 3.8) is 0 Å². The molecule has 7 heteroatoms. The Morgan fingerprint density at radius 3 is 2.46 bits per heavy atom. The molecule has 0 saturated heterocycles. The lowest BCUT2D eigenvalue weighted by Gasteiger charge is -2.09. The molecule has 0 spiro atoms. The van der Waals surface area contributed by atoms with Crippen molar-refractivity contribution in [1.82, 2.24) is 15.1 Å². The van der Waals surface area contributed by atoms with Crippen LogP contribution < -0.4 is 10.6 Å². The van der Waals surface area contributed by atoms with Gasteiger partial charge in [0.15, 0.2) is 10.9 Å². The van der Waals surface area contributed by atoms with Gasteiger partial charge >= 0.3 is 0 Å². The Hall–Kier alpha value is -1.89. The van der Waals surface area contributed by atoms with Gasteiger partial charge in [-0.3, -0.25) is 4.68 Å². The molecule has 0 aliphatic heterocycles. The van der Waals surface area contributed by atoms with Crippen molar-refractivity contribution >= 4 is 50.7 Å². The van der Waals surface area contributed by atoms with Crippen LogP contribution in [0, 0.1) is 6.92 Å². The Morgan fingerprint density at radius 1 is 1.12 bits per heavy atom. The van der Waals surface area contributed by atoms with Gasteiger partial charge in [0.2, 0.25) is 0 Å². The second-order valence-corrected chi connectivity index (χ2v) is 7.64. The molecule has 0 radical (unpaired) electrons.